The summed E-state index contributed by atoms with van der Waals surface area (Å²) in [6, 6.07) is 16.6. The third-order valence-corrected chi connectivity index (χ3v) is 3.05. The highest BCUT2D eigenvalue weighted by molar-refractivity contribution is 5.59. The summed E-state index contributed by atoms with van der Waals surface area (Å²) >= 11 is 0. The quantitative estimate of drug-likeness (QED) is 0.683. The fourth-order valence-electron chi connectivity index (χ4n) is 2.02. The van der Waals surface area contributed by atoms with Gasteiger partial charge in [-0.2, -0.15) is 15.0 Å². The molecule has 6 heteroatoms. The number of rotatable bonds is 4. The van der Waals surface area contributed by atoms with Crippen LogP contribution in [0.1, 0.15) is 5.56 Å². The maximum atomic E-state index is 9.55. The second kappa shape index (κ2) is 6.09. The number of nitrogen functional groups attached to an aromatic ring is 1. The number of aromatic nitrogens is 3. The van der Waals surface area contributed by atoms with E-state index in [1.165, 1.54) is 0 Å². The summed E-state index contributed by atoms with van der Waals surface area (Å²) in [5.74, 6) is 1.09. The van der Waals surface area contributed by atoms with Gasteiger partial charge in [0.05, 0.1) is 0 Å². The first-order valence-corrected chi connectivity index (χ1v) is 6.79. The first-order valence-electron chi connectivity index (χ1n) is 6.79. The van der Waals surface area contributed by atoms with Gasteiger partial charge in [-0.3, -0.25) is 0 Å². The Morgan fingerprint density at radius 3 is 2.55 bits per heavy atom. The van der Waals surface area contributed by atoms with Crippen molar-refractivity contribution < 1.29 is 5.11 Å². The van der Waals surface area contributed by atoms with Gasteiger partial charge in [0.25, 0.3) is 0 Å². The fraction of sp³-hybridized carbons (Fsp3) is 0.0625. The molecule has 1 heterocycles. The molecule has 0 bridgehead atoms. The lowest BCUT2D eigenvalue weighted by Crippen LogP contribution is -2.08. The van der Waals surface area contributed by atoms with E-state index in [2.05, 4.69) is 20.3 Å². The Kier molecular flexibility index (Phi) is 3.82. The molecule has 110 valence electrons. The molecule has 4 N–H and O–H groups in total. The van der Waals surface area contributed by atoms with E-state index >= 15 is 0 Å². The number of hydrogen-bond donors (Lipinski definition) is 3. The Balaban J connectivity index is 1.84. The van der Waals surface area contributed by atoms with Gasteiger partial charge in [0.1, 0.15) is 5.75 Å². The number of anilines is 2. The monoisotopic (exact) mass is 293 g/mol. The topological polar surface area (TPSA) is 97.0 Å². The summed E-state index contributed by atoms with van der Waals surface area (Å²) in [7, 11) is 0. The van der Waals surface area contributed by atoms with Crippen molar-refractivity contribution in [2.45, 2.75) is 6.54 Å². The molecule has 6 nitrogen and oxygen atoms in total. The number of nitrogens with two attached hydrogens (primary N) is 1. The van der Waals surface area contributed by atoms with Crippen molar-refractivity contribution in [1.29, 1.82) is 0 Å². The molecule has 0 aliphatic heterocycles. The Morgan fingerprint density at radius 1 is 0.955 bits per heavy atom. The number of phenolic OH excluding ortho intramolecular Hbond substituents is 1. The first kappa shape index (κ1) is 13.8. The van der Waals surface area contributed by atoms with Crippen molar-refractivity contribution in [3.05, 3.63) is 60.2 Å². The number of phenols is 1. The second-order valence-electron chi connectivity index (χ2n) is 4.73. The average molecular weight is 293 g/mol. The third kappa shape index (κ3) is 3.29. The summed E-state index contributed by atoms with van der Waals surface area (Å²) in [6.45, 7) is 0.587. The number of nitrogens with zero attached hydrogens (tertiary/aromatic N) is 3. The molecule has 3 rings (SSSR count). The van der Waals surface area contributed by atoms with Crippen LogP contribution >= 0.6 is 0 Å². The average Bonchev–Trinajstić information content (AvgIpc) is 2.53. The van der Waals surface area contributed by atoms with E-state index in [9.17, 15) is 5.11 Å². The Labute approximate surface area is 127 Å². The van der Waals surface area contributed by atoms with Gasteiger partial charge < -0.3 is 16.2 Å². The molecule has 2 aromatic carbocycles. The number of hydrogen-bond acceptors (Lipinski definition) is 6. The summed E-state index contributed by atoms with van der Waals surface area (Å²) in [5.41, 5.74) is 7.53. The molecule has 0 atom stereocenters. The SMILES string of the molecule is Nc1nc(NCc2ccccc2)nc(-c2cccc(O)c2)n1. The highest BCUT2D eigenvalue weighted by Gasteiger charge is 2.07. The smallest absolute Gasteiger partial charge is 0.228 e. The van der Waals surface area contributed by atoms with E-state index in [-0.39, 0.29) is 11.7 Å². The van der Waals surface area contributed by atoms with E-state index in [1.54, 1.807) is 24.3 Å². The molecular formula is C16H15N5O. The fourth-order valence-corrected chi connectivity index (χ4v) is 2.02. The molecule has 0 aliphatic carbocycles. The van der Waals surface area contributed by atoms with E-state index in [0.717, 1.165) is 5.56 Å². The van der Waals surface area contributed by atoms with Crippen LogP contribution in [0.5, 0.6) is 5.75 Å². The van der Waals surface area contributed by atoms with Gasteiger partial charge in [-0.05, 0) is 17.7 Å². The normalized spacial score (nSPS) is 10.4. The Hall–Kier alpha value is -3.15. The minimum atomic E-state index is 0.129. The molecule has 0 saturated heterocycles. The van der Waals surface area contributed by atoms with Crippen LogP contribution in [-0.2, 0) is 6.54 Å². The van der Waals surface area contributed by atoms with Crippen LogP contribution in [0.4, 0.5) is 11.9 Å². The highest BCUT2D eigenvalue weighted by atomic mass is 16.3. The van der Waals surface area contributed by atoms with E-state index in [1.807, 2.05) is 30.3 Å². The largest absolute Gasteiger partial charge is 0.508 e. The van der Waals surface area contributed by atoms with Crippen LogP contribution in [0.25, 0.3) is 11.4 Å². The summed E-state index contributed by atoms with van der Waals surface area (Å²) in [4.78, 5) is 12.5. The maximum Gasteiger partial charge on any atom is 0.228 e. The van der Waals surface area contributed by atoms with Crippen LogP contribution in [0, 0.1) is 0 Å². The molecular weight excluding hydrogens is 278 g/mol. The molecule has 0 aliphatic rings. The zero-order valence-corrected chi connectivity index (χ0v) is 11.8. The van der Waals surface area contributed by atoms with Crippen LogP contribution in [0.2, 0.25) is 0 Å². The molecule has 0 radical (unpaired) electrons. The summed E-state index contributed by atoms with van der Waals surface area (Å²) in [6.07, 6.45) is 0. The lowest BCUT2D eigenvalue weighted by molar-refractivity contribution is 0.475. The van der Waals surface area contributed by atoms with Gasteiger partial charge >= 0.3 is 0 Å². The lowest BCUT2D eigenvalue weighted by atomic mass is 10.2. The van der Waals surface area contributed by atoms with Crippen LogP contribution < -0.4 is 11.1 Å². The van der Waals surface area contributed by atoms with Crippen molar-refractivity contribution in [2.24, 2.45) is 0 Å². The minimum absolute atomic E-state index is 0.129. The molecule has 0 unspecified atom stereocenters. The van der Waals surface area contributed by atoms with E-state index < -0.39 is 0 Å². The molecule has 0 saturated carbocycles. The van der Waals surface area contributed by atoms with Crippen molar-refractivity contribution in [3.8, 4) is 17.1 Å². The lowest BCUT2D eigenvalue weighted by Gasteiger charge is -2.07. The van der Waals surface area contributed by atoms with Gasteiger partial charge in [-0.1, -0.05) is 42.5 Å². The predicted molar refractivity (Wildman–Crippen MR) is 85.1 cm³/mol. The second-order valence-corrected chi connectivity index (χ2v) is 4.73. The summed E-state index contributed by atoms with van der Waals surface area (Å²) in [5, 5.41) is 12.7. The molecule has 22 heavy (non-hydrogen) atoms. The standard InChI is InChI=1S/C16H15N5O/c17-15-19-14(12-7-4-8-13(22)9-12)20-16(21-15)18-10-11-5-2-1-3-6-11/h1-9,22H,10H2,(H3,17,18,19,20,21). The van der Waals surface area contributed by atoms with Crippen molar-refractivity contribution >= 4 is 11.9 Å². The molecule has 0 amide bonds. The number of benzene rings is 2. The number of nitrogens with one attached hydrogen (secondary N) is 1. The van der Waals surface area contributed by atoms with Gasteiger partial charge in [-0.15, -0.1) is 0 Å². The minimum Gasteiger partial charge on any atom is -0.508 e. The van der Waals surface area contributed by atoms with Gasteiger partial charge in [0.2, 0.25) is 11.9 Å². The molecule has 0 fully saturated rings. The Bertz CT molecular complexity index is 776. The zero-order valence-electron chi connectivity index (χ0n) is 11.8. The van der Waals surface area contributed by atoms with E-state index in [0.29, 0.717) is 23.9 Å². The van der Waals surface area contributed by atoms with Crippen LogP contribution in [0.15, 0.2) is 54.6 Å². The molecule has 1 aromatic heterocycles. The van der Waals surface area contributed by atoms with Crippen LogP contribution in [0.3, 0.4) is 0 Å². The molecule has 3 aromatic rings. The van der Waals surface area contributed by atoms with Gasteiger partial charge in [-0.25, -0.2) is 0 Å². The molecule has 0 spiro atoms. The number of aromatic hydroxyl groups is 1. The summed E-state index contributed by atoms with van der Waals surface area (Å²) < 4.78 is 0. The third-order valence-electron chi connectivity index (χ3n) is 3.05. The first-order chi connectivity index (χ1) is 10.7. The zero-order chi connectivity index (χ0) is 15.4. The van der Waals surface area contributed by atoms with Crippen LogP contribution in [-0.4, -0.2) is 20.1 Å². The van der Waals surface area contributed by atoms with Crippen molar-refractivity contribution in [1.82, 2.24) is 15.0 Å². The van der Waals surface area contributed by atoms with Crippen molar-refractivity contribution in [2.75, 3.05) is 11.1 Å². The maximum absolute atomic E-state index is 9.55. The van der Waals surface area contributed by atoms with E-state index in [4.69, 9.17) is 5.73 Å². The van der Waals surface area contributed by atoms with Crippen molar-refractivity contribution in [3.63, 3.8) is 0 Å². The van der Waals surface area contributed by atoms with Gasteiger partial charge in [0, 0.05) is 12.1 Å². The Morgan fingerprint density at radius 2 is 1.77 bits per heavy atom. The predicted octanol–water partition coefficient (Wildman–Crippen LogP) is 2.44. The highest BCUT2D eigenvalue weighted by Crippen LogP contribution is 2.21. The van der Waals surface area contributed by atoms with Gasteiger partial charge in [0.15, 0.2) is 5.82 Å².